The van der Waals surface area contributed by atoms with Crippen molar-refractivity contribution in [3.8, 4) is 0 Å². The summed E-state index contributed by atoms with van der Waals surface area (Å²) in [7, 11) is 0. The van der Waals surface area contributed by atoms with Gasteiger partial charge in [-0.2, -0.15) is 5.10 Å². The minimum absolute atomic E-state index is 0.908. The molecule has 1 N–H and O–H groups in total. The lowest BCUT2D eigenvalue weighted by Crippen LogP contribution is -2.07. The van der Waals surface area contributed by atoms with Gasteiger partial charge in [0.25, 0.3) is 0 Å². The molecule has 2 nitrogen and oxygen atoms in total. The van der Waals surface area contributed by atoms with Crippen LogP contribution in [-0.2, 0) is 0 Å². The molecule has 0 aromatic rings. The first kappa shape index (κ1) is 4.62. The second-order valence-electron chi connectivity index (χ2n) is 1.96. The van der Waals surface area contributed by atoms with E-state index in [1.165, 1.54) is 12.8 Å². The Balaban J connectivity index is 1.88. The molecular weight excluding hydrogens is 88.1 g/mol. The molecule has 1 aliphatic rings. The van der Waals surface area contributed by atoms with Crippen LogP contribution in [0, 0.1) is 5.92 Å². The normalized spacial score (nSPS) is 18.9. The van der Waals surface area contributed by atoms with Crippen LogP contribution in [0.2, 0.25) is 0 Å². The highest BCUT2D eigenvalue weighted by molar-refractivity contribution is 5.22. The molecular formula is C5H10N2. The molecule has 0 unspecified atom stereocenters. The van der Waals surface area contributed by atoms with E-state index < -0.39 is 0 Å². The largest absolute Gasteiger partial charge is 0.310 e. The van der Waals surface area contributed by atoms with Gasteiger partial charge < -0.3 is 5.43 Å². The maximum Gasteiger partial charge on any atom is 0.0357 e. The Morgan fingerprint density at radius 3 is 2.86 bits per heavy atom. The van der Waals surface area contributed by atoms with Gasteiger partial charge in [0.1, 0.15) is 0 Å². The van der Waals surface area contributed by atoms with Crippen molar-refractivity contribution in [1.82, 2.24) is 5.43 Å². The van der Waals surface area contributed by atoms with Crippen molar-refractivity contribution in [2.24, 2.45) is 11.0 Å². The molecule has 0 radical (unpaired) electrons. The summed E-state index contributed by atoms with van der Waals surface area (Å²) < 4.78 is 0. The fourth-order valence-corrected chi connectivity index (χ4v) is 0.516. The average molecular weight is 98.1 g/mol. The molecule has 1 rings (SSSR count). The van der Waals surface area contributed by atoms with Gasteiger partial charge in [0, 0.05) is 13.3 Å². The van der Waals surface area contributed by atoms with E-state index in [1.807, 2.05) is 0 Å². The van der Waals surface area contributed by atoms with Crippen LogP contribution in [0.5, 0.6) is 0 Å². The van der Waals surface area contributed by atoms with E-state index in [0.29, 0.717) is 0 Å². The van der Waals surface area contributed by atoms with Gasteiger partial charge in [-0.25, -0.2) is 0 Å². The third-order valence-electron chi connectivity index (χ3n) is 1.19. The van der Waals surface area contributed by atoms with E-state index in [9.17, 15) is 0 Å². The molecule has 0 bridgehead atoms. The van der Waals surface area contributed by atoms with Crippen LogP contribution in [0.3, 0.4) is 0 Å². The molecule has 40 valence electrons. The first-order valence-corrected chi connectivity index (χ1v) is 2.62. The number of hydrogen-bond donors (Lipinski definition) is 1. The monoisotopic (exact) mass is 98.1 g/mol. The van der Waals surface area contributed by atoms with E-state index in [0.717, 1.165) is 12.5 Å². The molecule has 0 spiro atoms. The summed E-state index contributed by atoms with van der Waals surface area (Å²) in [6, 6.07) is 0. The van der Waals surface area contributed by atoms with Crippen molar-refractivity contribution in [3.63, 3.8) is 0 Å². The van der Waals surface area contributed by atoms with Gasteiger partial charge in [-0.1, -0.05) is 0 Å². The molecule has 0 aromatic heterocycles. The molecule has 0 saturated heterocycles. The second kappa shape index (κ2) is 1.96. The molecule has 0 amide bonds. The van der Waals surface area contributed by atoms with E-state index in [1.54, 1.807) is 0 Å². The summed E-state index contributed by atoms with van der Waals surface area (Å²) in [6.45, 7) is 4.33. The van der Waals surface area contributed by atoms with Crippen LogP contribution in [0.1, 0.15) is 12.8 Å². The zero-order chi connectivity index (χ0) is 5.11. The van der Waals surface area contributed by atoms with E-state index in [-0.39, 0.29) is 0 Å². The summed E-state index contributed by atoms with van der Waals surface area (Å²) >= 11 is 0. The van der Waals surface area contributed by atoms with Gasteiger partial charge in [-0.15, -0.1) is 0 Å². The Kier molecular flexibility index (Phi) is 1.29. The third-order valence-corrected chi connectivity index (χ3v) is 1.19. The second-order valence-corrected chi connectivity index (χ2v) is 1.96. The van der Waals surface area contributed by atoms with Crippen LogP contribution in [0.25, 0.3) is 0 Å². The van der Waals surface area contributed by atoms with Gasteiger partial charge in [-0.3, -0.25) is 0 Å². The van der Waals surface area contributed by atoms with E-state index in [4.69, 9.17) is 0 Å². The molecule has 0 aromatic carbocycles. The van der Waals surface area contributed by atoms with Crippen LogP contribution < -0.4 is 5.43 Å². The molecule has 2 heteroatoms. The number of nitrogens with one attached hydrogen (secondary N) is 1. The Morgan fingerprint density at radius 1 is 1.71 bits per heavy atom. The summed E-state index contributed by atoms with van der Waals surface area (Å²) in [5.74, 6) is 0.908. The summed E-state index contributed by atoms with van der Waals surface area (Å²) in [4.78, 5) is 0. The number of rotatable bonds is 3. The number of hydrazone groups is 1. The van der Waals surface area contributed by atoms with Crippen molar-refractivity contribution in [2.45, 2.75) is 12.8 Å². The average Bonchev–Trinajstić information content (AvgIpc) is 2.42. The minimum Gasteiger partial charge on any atom is -0.310 e. The summed E-state index contributed by atoms with van der Waals surface area (Å²) in [6.07, 6.45) is 2.76. The summed E-state index contributed by atoms with van der Waals surface area (Å²) in [5, 5.41) is 3.52. The van der Waals surface area contributed by atoms with Gasteiger partial charge in [0.05, 0.1) is 0 Å². The molecule has 0 atom stereocenters. The zero-order valence-electron chi connectivity index (χ0n) is 4.35. The van der Waals surface area contributed by atoms with Crippen LogP contribution >= 0.6 is 0 Å². The fourth-order valence-electron chi connectivity index (χ4n) is 0.516. The quantitative estimate of drug-likeness (QED) is 0.405. The zero-order valence-corrected chi connectivity index (χ0v) is 4.35. The smallest absolute Gasteiger partial charge is 0.0357 e. The van der Waals surface area contributed by atoms with Gasteiger partial charge in [-0.05, 0) is 18.8 Å². The fraction of sp³-hybridized carbons (Fsp3) is 0.800. The number of hydrogen-bond acceptors (Lipinski definition) is 2. The Bertz CT molecular complexity index is 66.5. The Hall–Kier alpha value is -0.530. The van der Waals surface area contributed by atoms with Crippen LogP contribution in [0.4, 0.5) is 0 Å². The number of nitrogens with zero attached hydrogens (tertiary/aromatic N) is 1. The SMILES string of the molecule is C=NNCC1CC1. The highest BCUT2D eigenvalue weighted by atomic mass is 15.3. The van der Waals surface area contributed by atoms with Crippen LogP contribution in [0.15, 0.2) is 5.10 Å². The molecule has 7 heavy (non-hydrogen) atoms. The molecule has 0 aliphatic heterocycles. The predicted octanol–water partition coefficient (Wildman–Crippen LogP) is 0.602. The minimum atomic E-state index is 0.908. The van der Waals surface area contributed by atoms with E-state index >= 15 is 0 Å². The molecule has 1 saturated carbocycles. The highest BCUT2D eigenvalue weighted by Gasteiger charge is 2.19. The lowest BCUT2D eigenvalue weighted by atomic mass is 10.4. The highest BCUT2D eigenvalue weighted by Crippen LogP contribution is 2.27. The van der Waals surface area contributed by atoms with Gasteiger partial charge in [0.2, 0.25) is 0 Å². The van der Waals surface area contributed by atoms with Gasteiger partial charge >= 0.3 is 0 Å². The van der Waals surface area contributed by atoms with Crippen molar-refractivity contribution in [1.29, 1.82) is 0 Å². The lowest BCUT2D eigenvalue weighted by molar-refractivity contribution is 0.676. The lowest BCUT2D eigenvalue weighted by Gasteiger charge is -1.91. The molecule has 1 aliphatic carbocycles. The Morgan fingerprint density at radius 2 is 2.43 bits per heavy atom. The van der Waals surface area contributed by atoms with Crippen LogP contribution in [-0.4, -0.2) is 13.3 Å². The maximum absolute atomic E-state index is 3.52. The Labute approximate surface area is 43.6 Å². The first-order chi connectivity index (χ1) is 3.43. The molecule has 1 fully saturated rings. The summed E-state index contributed by atoms with van der Waals surface area (Å²) in [5.41, 5.74) is 2.82. The predicted molar refractivity (Wildman–Crippen MR) is 30.3 cm³/mol. The topological polar surface area (TPSA) is 24.4 Å². The maximum atomic E-state index is 3.52. The van der Waals surface area contributed by atoms with E-state index in [2.05, 4.69) is 17.2 Å². The standard InChI is InChI=1S/C5H10N2/c1-6-7-4-5-2-3-5/h5,7H,1-4H2. The van der Waals surface area contributed by atoms with Gasteiger partial charge in [0.15, 0.2) is 0 Å². The third kappa shape index (κ3) is 1.57. The van der Waals surface area contributed by atoms with Crippen molar-refractivity contribution >= 4 is 6.72 Å². The van der Waals surface area contributed by atoms with Crippen molar-refractivity contribution in [2.75, 3.05) is 6.54 Å². The van der Waals surface area contributed by atoms with Crippen molar-refractivity contribution < 1.29 is 0 Å². The first-order valence-electron chi connectivity index (χ1n) is 2.62. The van der Waals surface area contributed by atoms with Crippen molar-refractivity contribution in [3.05, 3.63) is 0 Å². The molecule has 0 heterocycles.